The first-order chi connectivity index (χ1) is 14.5. The number of aryl methyl sites for hydroxylation is 1. The highest BCUT2D eigenvalue weighted by Gasteiger charge is 2.13. The third kappa shape index (κ3) is 3.78. The van der Waals surface area contributed by atoms with Gasteiger partial charge in [0.05, 0.1) is 17.8 Å². The number of carbonyl (C=O) groups excluding carboxylic acids is 1. The summed E-state index contributed by atoms with van der Waals surface area (Å²) in [6.45, 7) is 3.97. The summed E-state index contributed by atoms with van der Waals surface area (Å²) < 4.78 is 8.56. The van der Waals surface area contributed by atoms with Crippen LogP contribution in [0.2, 0.25) is 0 Å². The molecule has 2 heterocycles. The van der Waals surface area contributed by atoms with E-state index in [2.05, 4.69) is 37.1 Å². The van der Waals surface area contributed by atoms with Crippen LogP contribution in [-0.4, -0.2) is 16.7 Å². The second kappa shape index (κ2) is 8.01. The molecule has 2 aromatic heterocycles. The Morgan fingerprint density at radius 1 is 1.17 bits per heavy atom. The van der Waals surface area contributed by atoms with E-state index in [0.717, 1.165) is 32.5 Å². The van der Waals surface area contributed by atoms with Gasteiger partial charge in [0.25, 0.3) is 0 Å². The van der Waals surface area contributed by atoms with Gasteiger partial charge < -0.3 is 8.98 Å². The average molecular weight is 461 g/mol. The molecule has 0 unspecified atom stereocenters. The molecule has 6 nitrogen and oxygen atoms in total. The normalized spacial score (nSPS) is 11.1. The van der Waals surface area contributed by atoms with Crippen molar-refractivity contribution in [3.05, 3.63) is 87.3 Å². The fourth-order valence-corrected chi connectivity index (χ4v) is 3.72. The van der Waals surface area contributed by atoms with Crippen LogP contribution >= 0.6 is 15.9 Å². The number of amides is 1. The van der Waals surface area contributed by atoms with Gasteiger partial charge in [-0.05, 0) is 68.4 Å². The summed E-state index contributed by atoms with van der Waals surface area (Å²) in [7, 11) is 0. The Morgan fingerprint density at radius 2 is 1.93 bits per heavy atom. The molecule has 0 fully saturated rings. The lowest BCUT2D eigenvalue weighted by atomic mass is 10.2. The van der Waals surface area contributed by atoms with Crippen LogP contribution in [0.25, 0.3) is 16.7 Å². The van der Waals surface area contributed by atoms with Gasteiger partial charge in [-0.1, -0.05) is 15.9 Å². The average Bonchev–Trinajstić information content (AvgIpc) is 3.28. The number of aromatic nitrogens is 1. The van der Waals surface area contributed by atoms with Crippen LogP contribution in [-0.2, 0) is 0 Å². The zero-order chi connectivity index (χ0) is 21.3. The molecule has 7 heteroatoms. The Morgan fingerprint density at radius 3 is 2.67 bits per heavy atom. The first kappa shape index (κ1) is 19.7. The molecule has 4 aromatic rings. The molecular formula is C23H17BrN4O2. The van der Waals surface area contributed by atoms with Gasteiger partial charge in [0.15, 0.2) is 5.76 Å². The maximum atomic E-state index is 12.4. The molecule has 0 atom stereocenters. The van der Waals surface area contributed by atoms with Crippen LogP contribution in [0.4, 0.5) is 0 Å². The summed E-state index contributed by atoms with van der Waals surface area (Å²) in [4.78, 5) is 12.4. The van der Waals surface area contributed by atoms with Crippen molar-refractivity contribution >= 4 is 39.0 Å². The van der Waals surface area contributed by atoms with E-state index in [4.69, 9.17) is 9.68 Å². The number of nitrogens with one attached hydrogen (secondary N) is 1. The number of halogens is 1. The van der Waals surface area contributed by atoms with Gasteiger partial charge >= 0.3 is 5.91 Å². The number of hydrazone groups is 1. The standard InChI is InChI=1S/C23H17BrN4O2/c1-14-9-18(15(2)28(14)20-6-3-16(12-25)4-7-20)13-26-27-23(29)22-11-17-10-19(24)5-8-21(17)30-22/h3-11,13H,1-2H3,(H,27,29)/b26-13-. The number of furan rings is 1. The van der Waals surface area contributed by atoms with Gasteiger partial charge in [-0.15, -0.1) is 0 Å². The molecular weight excluding hydrogens is 444 g/mol. The summed E-state index contributed by atoms with van der Waals surface area (Å²) in [5.41, 5.74) is 7.60. The van der Waals surface area contributed by atoms with Gasteiger partial charge in [-0.2, -0.15) is 10.4 Å². The van der Waals surface area contributed by atoms with Crippen molar-refractivity contribution < 1.29 is 9.21 Å². The second-order valence-corrected chi connectivity index (χ2v) is 7.73. The predicted molar refractivity (Wildman–Crippen MR) is 119 cm³/mol. The Balaban J connectivity index is 1.52. The molecule has 1 amide bonds. The first-order valence-electron chi connectivity index (χ1n) is 9.18. The highest BCUT2D eigenvalue weighted by atomic mass is 79.9. The van der Waals surface area contributed by atoms with Crippen molar-refractivity contribution in [1.82, 2.24) is 9.99 Å². The molecule has 0 aliphatic heterocycles. The van der Waals surface area contributed by atoms with Crippen LogP contribution in [0.1, 0.15) is 33.1 Å². The number of hydrogen-bond donors (Lipinski definition) is 1. The lowest BCUT2D eigenvalue weighted by molar-refractivity contribution is 0.0929. The number of fused-ring (bicyclic) bond motifs is 1. The molecule has 30 heavy (non-hydrogen) atoms. The highest BCUT2D eigenvalue weighted by molar-refractivity contribution is 9.10. The van der Waals surface area contributed by atoms with Crippen LogP contribution in [0.3, 0.4) is 0 Å². The number of carbonyl (C=O) groups is 1. The topological polar surface area (TPSA) is 83.3 Å². The number of nitriles is 1. The quantitative estimate of drug-likeness (QED) is 0.333. The lowest BCUT2D eigenvalue weighted by Crippen LogP contribution is -2.16. The number of rotatable bonds is 4. The Bertz CT molecular complexity index is 1320. The van der Waals surface area contributed by atoms with E-state index in [9.17, 15) is 4.79 Å². The predicted octanol–water partition coefficient (Wildman–Crippen LogP) is 5.24. The number of benzene rings is 2. The van der Waals surface area contributed by atoms with Gasteiger partial charge in [-0.3, -0.25) is 4.79 Å². The first-order valence-corrected chi connectivity index (χ1v) is 9.97. The summed E-state index contributed by atoms with van der Waals surface area (Å²) in [6.07, 6.45) is 1.61. The minimum Gasteiger partial charge on any atom is -0.451 e. The van der Waals surface area contributed by atoms with Crippen molar-refractivity contribution in [2.45, 2.75) is 13.8 Å². The fourth-order valence-electron chi connectivity index (χ4n) is 3.34. The third-order valence-electron chi connectivity index (χ3n) is 4.80. The van der Waals surface area contributed by atoms with Crippen molar-refractivity contribution in [2.75, 3.05) is 0 Å². The van der Waals surface area contributed by atoms with E-state index in [1.165, 1.54) is 0 Å². The molecule has 0 saturated carbocycles. The number of hydrogen-bond acceptors (Lipinski definition) is 4. The lowest BCUT2D eigenvalue weighted by Gasteiger charge is -2.09. The third-order valence-corrected chi connectivity index (χ3v) is 5.29. The molecule has 0 aliphatic carbocycles. The molecule has 1 N–H and O–H groups in total. The molecule has 2 aromatic carbocycles. The van der Waals surface area contributed by atoms with Crippen molar-refractivity contribution in [1.29, 1.82) is 5.26 Å². The van der Waals surface area contributed by atoms with Crippen LogP contribution in [0.5, 0.6) is 0 Å². The molecule has 0 spiro atoms. The zero-order valence-electron chi connectivity index (χ0n) is 16.3. The Hall–Kier alpha value is -3.63. The second-order valence-electron chi connectivity index (χ2n) is 6.81. The van der Waals surface area contributed by atoms with Gasteiger partial charge in [0.1, 0.15) is 5.58 Å². The van der Waals surface area contributed by atoms with Gasteiger partial charge in [-0.25, -0.2) is 5.43 Å². The van der Waals surface area contributed by atoms with Crippen molar-refractivity contribution in [3.63, 3.8) is 0 Å². The van der Waals surface area contributed by atoms with E-state index in [-0.39, 0.29) is 5.76 Å². The smallest absolute Gasteiger partial charge is 0.307 e. The summed E-state index contributed by atoms with van der Waals surface area (Å²) in [5, 5.41) is 13.9. The van der Waals surface area contributed by atoms with E-state index >= 15 is 0 Å². The van der Waals surface area contributed by atoms with E-state index in [0.29, 0.717) is 11.1 Å². The molecule has 0 bridgehead atoms. The van der Waals surface area contributed by atoms with Crippen LogP contribution in [0.15, 0.2) is 68.6 Å². The molecule has 148 valence electrons. The Labute approximate surface area is 181 Å². The van der Waals surface area contributed by atoms with Crippen LogP contribution in [0, 0.1) is 25.2 Å². The SMILES string of the molecule is Cc1cc(/C=N\NC(=O)c2cc3cc(Br)ccc3o2)c(C)n1-c1ccc(C#N)cc1. The molecule has 0 saturated heterocycles. The minimum absolute atomic E-state index is 0.198. The summed E-state index contributed by atoms with van der Waals surface area (Å²) >= 11 is 3.40. The fraction of sp³-hybridized carbons (Fsp3) is 0.0870. The Kier molecular flexibility index (Phi) is 5.25. The van der Waals surface area contributed by atoms with E-state index in [1.807, 2.05) is 44.2 Å². The van der Waals surface area contributed by atoms with E-state index < -0.39 is 5.91 Å². The van der Waals surface area contributed by atoms with Crippen molar-refractivity contribution in [2.24, 2.45) is 5.10 Å². The monoisotopic (exact) mass is 460 g/mol. The maximum absolute atomic E-state index is 12.4. The molecule has 4 rings (SSSR count). The highest BCUT2D eigenvalue weighted by Crippen LogP contribution is 2.23. The number of nitrogens with zero attached hydrogens (tertiary/aromatic N) is 3. The van der Waals surface area contributed by atoms with Crippen LogP contribution < -0.4 is 5.43 Å². The van der Waals surface area contributed by atoms with Crippen molar-refractivity contribution in [3.8, 4) is 11.8 Å². The summed E-state index contributed by atoms with van der Waals surface area (Å²) in [6, 6.07) is 18.7. The van der Waals surface area contributed by atoms with Gasteiger partial charge in [0.2, 0.25) is 0 Å². The molecule has 0 aliphatic rings. The van der Waals surface area contributed by atoms with Gasteiger partial charge in [0, 0.05) is 32.5 Å². The largest absolute Gasteiger partial charge is 0.451 e. The molecule has 0 radical (unpaired) electrons. The van der Waals surface area contributed by atoms with E-state index in [1.54, 1.807) is 30.5 Å². The maximum Gasteiger partial charge on any atom is 0.307 e. The zero-order valence-corrected chi connectivity index (χ0v) is 17.9. The minimum atomic E-state index is -0.417. The summed E-state index contributed by atoms with van der Waals surface area (Å²) in [5.74, 6) is -0.220.